The Hall–Kier alpha value is -2.53. The summed E-state index contributed by atoms with van der Waals surface area (Å²) in [6, 6.07) is 9.15. The van der Waals surface area contributed by atoms with Crippen LogP contribution >= 0.6 is 11.8 Å². The quantitative estimate of drug-likeness (QED) is 0.560. The number of carbonyl (C=O) groups excluding carboxylic acids is 1. The molecular weight excluding hydrogens is 360 g/mol. The first kappa shape index (κ1) is 19.2. The zero-order chi connectivity index (χ0) is 19.1. The maximum atomic E-state index is 12.0. The topological polar surface area (TPSA) is 95.6 Å². The minimum atomic E-state index is -0.271. The summed E-state index contributed by atoms with van der Waals surface area (Å²) in [6.45, 7) is 0.551. The van der Waals surface area contributed by atoms with Crippen LogP contribution in [0.3, 0.4) is 0 Å². The first-order valence-corrected chi connectivity index (χ1v) is 10.5. The third-order valence-corrected chi connectivity index (χ3v) is 5.36. The summed E-state index contributed by atoms with van der Waals surface area (Å²) in [4.78, 5) is 12.0. The second-order valence-corrected chi connectivity index (χ2v) is 7.36. The normalized spacial score (nSPS) is 14.1. The Morgan fingerprint density at radius 1 is 1.37 bits per heavy atom. The Morgan fingerprint density at radius 3 is 2.93 bits per heavy atom. The lowest BCUT2D eigenvalue weighted by atomic mass is 10.2. The molecule has 0 radical (unpaired) electrons. The molecule has 0 atom stereocenters. The van der Waals surface area contributed by atoms with E-state index in [4.69, 9.17) is 5.26 Å². The van der Waals surface area contributed by atoms with Gasteiger partial charge in [0, 0.05) is 24.7 Å². The highest BCUT2D eigenvalue weighted by molar-refractivity contribution is 7.98. The van der Waals surface area contributed by atoms with Crippen molar-refractivity contribution in [2.24, 2.45) is 0 Å². The Morgan fingerprint density at radius 2 is 2.19 bits per heavy atom. The van der Waals surface area contributed by atoms with Gasteiger partial charge in [0.2, 0.25) is 0 Å². The number of amides is 2. The van der Waals surface area contributed by atoms with Gasteiger partial charge in [0.15, 0.2) is 5.16 Å². The summed E-state index contributed by atoms with van der Waals surface area (Å²) < 4.78 is 2.30. The smallest absolute Gasteiger partial charge is 0.319 e. The van der Waals surface area contributed by atoms with Crippen LogP contribution in [0.5, 0.6) is 0 Å². The van der Waals surface area contributed by atoms with Crippen molar-refractivity contribution in [3.8, 4) is 6.07 Å². The number of nitrogens with one attached hydrogen (secondary N) is 2. The van der Waals surface area contributed by atoms with Crippen molar-refractivity contribution in [1.29, 1.82) is 5.26 Å². The fraction of sp³-hybridized carbons (Fsp3) is 0.474. The third-order valence-electron chi connectivity index (χ3n) is 4.72. The molecule has 0 aliphatic heterocycles. The van der Waals surface area contributed by atoms with Crippen molar-refractivity contribution >= 4 is 23.5 Å². The summed E-state index contributed by atoms with van der Waals surface area (Å²) in [7, 11) is 0. The van der Waals surface area contributed by atoms with Gasteiger partial charge in [-0.3, -0.25) is 0 Å². The van der Waals surface area contributed by atoms with Crippen LogP contribution in [0, 0.1) is 11.3 Å². The van der Waals surface area contributed by atoms with E-state index < -0.39 is 0 Å². The van der Waals surface area contributed by atoms with Crippen LogP contribution in [0.4, 0.5) is 10.5 Å². The van der Waals surface area contributed by atoms with Gasteiger partial charge < -0.3 is 15.2 Å². The van der Waals surface area contributed by atoms with Crippen molar-refractivity contribution in [3.05, 3.63) is 35.7 Å². The molecule has 2 N–H and O–H groups in total. The van der Waals surface area contributed by atoms with Crippen LogP contribution in [-0.2, 0) is 6.42 Å². The largest absolute Gasteiger partial charge is 0.338 e. The predicted octanol–water partition coefficient (Wildman–Crippen LogP) is 3.74. The number of anilines is 1. The van der Waals surface area contributed by atoms with E-state index in [-0.39, 0.29) is 6.03 Å². The highest BCUT2D eigenvalue weighted by atomic mass is 32.2. The summed E-state index contributed by atoms with van der Waals surface area (Å²) >= 11 is 1.64. The lowest BCUT2D eigenvalue weighted by molar-refractivity contribution is 0.252. The second kappa shape index (κ2) is 9.42. The molecule has 1 aliphatic rings. The molecule has 1 saturated carbocycles. The monoisotopic (exact) mass is 384 g/mol. The molecule has 0 saturated heterocycles. The van der Waals surface area contributed by atoms with E-state index in [1.54, 1.807) is 36.0 Å². The lowest BCUT2D eigenvalue weighted by Crippen LogP contribution is -2.30. The molecule has 8 heteroatoms. The van der Waals surface area contributed by atoms with E-state index in [1.807, 2.05) is 6.26 Å². The maximum Gasteiger partial charge on any atom is 0.319 e. The molecule has 7 nitrogen and oxygen atoms in total. The molecule has 1 fully saturated rings. The SMILES string of the molecule is CSc1nnc(CCCNC(=O)Nc2cccc(C#N)c2)n1C1CCCC1. The average Bonchev–Trinajstić information content (AvgIpc) is 3.34. The Bertz CT molecular complexity index is 822. The van der Waals surface area contributed by atoms with E-state index in [1.165, 1.54) is 25.7 Å². The summed E-state index contributed by atoms with van der Waals surface area (Å²) in [5, 5.41) is 24.2. The molecule has 1 aliphatic carbocycles. The molecule has 2 amide bonds. The zero-order valence-electron chi connectivity index (χ0n) is 15.4. The number of thioether (sulfide) groups is 1. The van der Waals surface area contributed by atoms with Gasteiger partial charge in [0.05, 0.1) is 11.6 Å². The van der Waals surface area contributed by atoms with E-state index in [0.717, 1.165) is 23.8 Å². The molecule has 0 unspecified atom stereocenters. The number of hydrogen-bond acceptors (Lipinski definition) is 5. The number of aromatic nitrogens is 3. The first-order chi connectivity index (χ1) is 13.2. The molecule has 142 valence electrons. The van der Waals surface area contributed by atoms with E-state index >= 15 is 0 Å². The predicted molar refractivity (Wildman–Crippen MR) is 106 cm³/mol. The molecule has 1 aromatic heterocycles. The summed E-state index contributed by atoms with van der Waals surface area (Å²) in [6.07, 6.45) is 8.54. The molecule has 0 spiro atoms. The third kappa shape index (κ3) is 5.01. The number of rotatable bonds is 7. The van der Waals surface area contributed by atoms with Gasteiger partial charge in [0.1, 0.15) is 5.82 Å². The van der Waals surface area contributed by atoms with Crippen LogP contribution in [0.2, 0.25) is 0 Å². The molecular formula is C19H24N6OS. The van der Waals surface area contributed by atoms with Gasteiger partial charge in [-0.15, -0.1) is 10.2 Å². The standard InChI is InChI=1S/C19H24N6OS/c1-27-19-24-23-17(25(19)16-8-2-3-9-16)10-5-11-21-18(26)22-15-7-4-6-14(12-15)13-20/h4,6-7,12,16H,2-3,5,8-11H2,1H3,(H2,21,22,26). The van der Waals surface area contributed by atoms with Crippen molar-refractivity contribution in [2.75, 3.05) is 18.1 Å². The lowest BCUT2D eigenvalue weighted by Gasteiger charge is -2.16. The Labute approximate surface area is 163 Å². The van der Waals surface area contributed by atoms with E-state index in [9.17, 15) is 4.79 Å². The van der Waals surface area contributed by atoms with Gasteiger partial charge in [-0.2, -0.15) is 5.26 Å². The highest BCUT2D eigenvalue weighted by Crippen LogP contribution is 2.33. The van der Waals surface area contributed by atoms with Gasteiger partial charge in [0.25, 0.3) is 0 Å². The van der Waals surface area contributed by atoms with Crippen LogP contribution in [0.25, 0.3) is 0 Å². The zero-order valence-corrected chi connectivity index (χ0v) is 16.3. The number of nitriles is 1. The van der Waals surface area contributed by atoms with Crippen LogP contribution in [0.15, 0.2) is 29.4 Å². The molecule has 3 rings (SSSR count). The first-order valence-electron chi connectivity index (χ1n) is 9.24. The summed E-state index contributed by atoms with van der Waals surface area (Å²) in [5.41, 5.74) is 1.13. The van der Waals surface area contributed by atoms with Crippen molar-refractivity contribution in [2.45, 2.75) is 49.7 Å². The van der Waals surface area contributed by atoms with Gasteiger partial charge in [-0.1, -0.05) is 30.7 Å². The van der Waals surface area contributed by atoms with E-state index in [0.29, 0.717) is 23.8 Å². The number of benzene rings is 1. The number of urea groups is 1. The maximum absolute atomic E-state index is 12.0. The number of hydrogen-bond donors (Lipinski definition) is 2. The molecule has 1 aromatic carbocycles. The van der Waals surface area contributed by atoms with E-state index in [2.05, 4.69) is 31.5 Å². The molecule has 27 heavy (non-hydrogen) atoms. The highest BCUT2D eigenvalue weighted by Gasteiger charge is 2.23. The molecule has 1 heterocycles. The minimum Gasteiger partial charge on any atom is -0.338 e. The fourth-order valence-corrected chi connectivity index (χ4v) is 4.01. The van der Waals surface area contributed by atoms with Crippen LogP contribution in [-0.4, -0.2) is 33.6 Å². The average molecular weight is 385 g/mol. The molecule has 2 aromatic rings. The number of aryl methyl sites for hydroxylation is 1. The number of carbonyl (C=O) groups is 1. The number of nitrogens with zero attached hydrogens (tertiary/aromatic N) is 4. The van der Waals surface area contributed by atoms with Gasteiger partial charge in [-0.05, 0) is 43.7 Å². The van der Waals surface area contributed by atoms with Gasteiger partial charge >= 0.3 is 6.03 Å². The fourth-order valence-electron chi connectivity index (χ4n) is 3.44. The minimum absolute atomic E-state index is 0.271. The van der Waals surface area contributed by atoms with Crippen LogP contribution in [0.1, 0.15) is 49.5 Å². The van der Waals surface area contributed by atoms with Crippen molar-refractivity contribution < 1.29 is 4.79 Å². The van der Waals surface area contributed by atoms with Crippen molar-refractivity contribution in [3.63, 3.8) is 0 Å². The van der Waals surface area contributed by atoms with Crippen molar-refractivity contribution in [1.82, 2.24) is 20.1 Å². The second-order valence-electron chi connectivity index (χ2n) is 6.59. The van der Waals surface area contributed by atoms with Gasteiger partial charge in [-0.25, -0.2) is 4.79 Å². The van der Waals surface area contributed by atoms with Crippen LogP contribution < -0.4 is 10.6 Å². The molecule has 0 bridgehead atoms. The summed E-state index contributed by atoms with van der Waals surface area (Å²) in [5.74, 6) is 1.01. The Balaban J connectivity index is 1.48. The Kier molecular flexibility index (Phi) is 6.71.